The number of likely N-dealkylation sites (tertiary alicyclic amines) is 1. The summed E-state index contributed by atoms with van der Waals surface area (Å²) < 4.78 is 6.68. The molecule has 0 bridgehead atoms. The van der Waals surface area contributed by atoms with Crippen molar-refractivity contribution < 1.29 is 9.53 Å². The predicted molar refractivity (Wildman–Crippen MR) is 88.0 cm³/mol. The summed E-state index contributed by atoms with van der Waals surface area (Å²) in [5.41, 5.74) is 0.793. The molecule has 1 heterocycles. The highest BCUT2D eigenvalue weighted by atomic mass is 79.9. The van der Waals surface area contributed by atoms with Crippen molar-refractivity contribution >= 4 is 21.9 Å². The number of nitrogens with zero attached hydrogens (tertiary/aromatic N) is 1. The molecule has 1 aliphatic rings. The summed E-state index contributed by atoms with van der Waals surface area (Å²) in [6.07, 6.45) is 3.12. The molecule has 21 heavy (non-hydrogen) atoms. The second kappa shape index (κ2) is 6.93. The van der Waals surface area contributed by atoms with Gasteiger partial charge in [-0.05, 0) is 51.8 Å². The SMILES string of the molecule is CC(C)(C)OC(=O)C1CCCCN1Cc1ccccc1Br. The molecule has 0 amide bonds. The number of ether oxygens (including phenoxy) is 1. The van der Waals surface area contributed by atoms with Gasteiger partial charge in [0.15, 0.2) is 0 Å². The van der Waals surface area contributed by atoms with Crippen LogP contribution >= 0.6 is 15.9 Å². The molecule has 3 nitrogen and oxygen atoms in total. The van der Waals surface area contributed by atoms with Crippen molar-refractivity contribution in [2.45, 2.75) is 58.2 Å². The van der Waals surface area contributed by atoms with Gasteiger partial charge in [0.25, 0.3) is 0 Å². The molecule has 0 N–H and O–H groups in total. The van der Waals surface area contributed by atoms with Crippen LogP contribution in [0, 0.1) is 0 Å². The zero-order valence-electron chi connectivity index (χ0n) is 13.1. The molecule has 0 spiro atoms. The Hall–Kier alpha value is -0.870. The monoisotopic (exact) mass is 353 g/mol. The second-order valence-electron chi connectivity index (χ2n) is 6.61. The highest BCUT2D eigenvalue weighted by Gasteiger charge is 2.32. The molecule has 0 aromatic heterocycles. The molecule has 1 aliphatic heterocycles. The first kappa shape index (κ1) is 16.5. The third kappa shape index (κ3) is 4.82. The van der Waals surface area contributed by atoms with Crippen molar-refractivity contribution in [1.29, 1.82) is 0 Å². The first-order chi connectivity index (χ1) is 9.87. The Labute approximate surface area is 135 Å². The maximum atomic E-state index is 12.4. The van der Waals surface area contributed by atoms with Crippen LogP contribution in [0.2, 0.25) is 0 Å². The van der Waals surface area contributed by atoms with E-state index in [-0.39, 0.29) is 12.0 Å². The van der Waals surface area contributed by atoms with E-state index in [4.69, 9.17) is 4.74 Å². The number of hydrogen-bond acceptors (Lipinski definition) is 3. The van der Waals surface area contributed by atoms with E-state index in [0.717, 1.165) is 36.8 Å². The summed E-state index contributed by atoms with van der Waals surface area (Å²) in [7, 11) is 0. The highest BCUT2D eigenvalue weighted by Crippen LogP contribution is 2.25. The number of carbonyl (C=O) groups is 1. The zero-order valence-corrected chi connectivity index (χ0v) is 14.6. The molecule has 2 rings (SSSR count). The minimum Gasteiger partial charge on any atom is -0.459 e. The fraction of sp³-hybridized carbons (Fsp3) is 0.588. The lowest BCUT2D eigenvalue weighted by Crippen LogP contribution is -2.46. The lowest BCUT2D eigenvalue weighted by Gasteiger charge is -2.35. The van der Waals surface area contributed by atoms with Crippen LogP contribution in [0.3, 0.4) is 0 Å². The molecule has 1 fully saturated rings. The van der Waals surface area contributed by atoms with Crippen molar-refractivity contribution in [1.82, 2.24) is 4.90 Å². The Balaban J connectivity index is 2.09. The fourth-order valence-electron chi connectivity index (χ4n) is 2.66. The Morgan fingerprint density at radius 2 is 2.05 bits per heavy atom. The first-order valence-electron chi connectivity index (χ1n) is 7.57. The van der Waals surface area contributed by atoms with E-state index >= 15 is 0 Å². The van der Waals surface area contributed by atoms with Gasteiger partial charge in [0.2, 0.25) is 0 Å². The number of piperidine rings is 1. The van der Waals surface area contributed by atoms with Gasteiger partial charge in [0.1, 0.15) is 11.6 Å². The lowest BCUT2D eigenvalue weighted by molar-refractivity contribution is -0.163. The third-order valence-corrected chi connectivity index (χ3v) is 4.40. The van der Waals surface area contributed by atoms with Gasteiger partial charge in [0, 0.05) is 11.0 Å². The predicted octanol–water partition coefficient (Wildman–Crippen LogP) is 4.15. The summed E-state index contributed by atoms with van der Waals surface area (Å²) in [4.78, 5) is 14.7. The van der Waals surface area contributed by atoms with E-state index in [9.17, 15) is 4.79 Å². The van der Waals surface area contributed by atoms with E-state index in [0.29, 0.717) is 0 Å². The van der Waals surface area contributed by atoms with Gasteiger partial charge in [-0.25, -0.2) is 0 Å². The Bertz CT molecular complexity index is 496. The normalized spacial score (nSPS) is 20.3. The van der Waals surface area contributed by atoms with E-state index in [1.54, 1.807) is 0 Å². The minimum atomic E-state index is -0.423. The smallest absolute Gasteiger partial charge is 0.323 e. The standard InChI is InChI=1S/C17H24BrNO2/c1-17(2,3)21-16(20)15-10-6-7-11-19(15)12-13-8-4-5-9-14(13)18/h4-5,8-9,15H,6-7,10-12H2,1-3H3. The molecular formula is C17H24BrNO2. The number of rotatable bonds is 3. The fourth-order valence-corrected chi connectivity index (χ4v) is 3.07. The molecule has 1 saturated heterocycles. The summed E-state index contributed by atoms with van der Waals surface area (Å²) in [6, 6.07) is 8.07. The van der Waals surface area contributed by atoms with Crippen molar-refractivity contribution in [2.24, 2.45) is 0 Å². The van der Waals surface area contributed by atoms with Crippen LogP contribution in [-0.2, 0) is 16.1 Å². The summed E-state index contributed by atoms with van der Waals surface area (Å²) in [6.45, 7) is 7.50. The van der Waals surface area contributed by atoms with Crippen LogP contribution < -0.4 is 0 Å². The molecule has 1 aromatic rings. The Morgan fingerprint density at radius 3 is 2.71 bits per heavy atom. The second-order valence-corrected chi connectivity index (χ2v) is 7.46. The number of carbonyl (C=O) groups excluding carboxylic acids is 1. The van der Waals surface area contributed by atoms with Gasteiger partial charge < -0.3 is 4.74 Å². The molecular weight excluding hydrogens is 330 g/mol. The summed E-state index contributed by atoms with van der Waals surface area (Å²) >= 11 is 3.59. The van der Waals surface area contributed by atoms with Gasteiger partial charge >= 0.3 is 5.97 Å². The largest absolute Gasteiger partial charge is 0.459 e. The average Bonchev–Trinajstić information content (AvgIpc) is 2.40. The molecule has 0 saturated carbocycles. The van der Waals surface area contributed by atoms with Crippen LogP contribution in [-0.4, -0.2) is 29.1 Å². The van der Waals surface area contributed by atoms with Crippen molar-refractivity contribution in [3.63, 3.8) is 0 Å². The van der Waals surface area contributed by atoms with E-state index in [1.807, 2.05) is 39.0 Å². The van der Waals surface area contributed by atoms with Crippen LogP contribution in [0.15, 0.2) is 28.7 Å². The molecule has 1 unspecified atom stereocenters. The molecule has 0 aliphatic carbocycles. The maximum absolute atomic E-state index is 12.4. The summed E-state index contributed by atoms with van der Waals surface area (Å²) in [5.74, 6) is -0.0887. The number of esters is 1. The Kier molecular flexibility index (Phi) is 5.44. The van der Waals surface area contributed by atoms with Crippen molar-refractivity contribution in [2.75, 3.05) is 6.54 Å². The summed E-state index contributed by atoms with van der Waals surface area (Å²) in [5, 5.41) is 0. The molecule has 0 radical (unpaired) electrons. The topological polar surface area (TPSA) is 29.5 Å². The molecule has 1 aromatic carbocycles. The van der Waals surface area contributed by atoms with E-state index < -0.39 is 5.60 Å². The number of halogens is 1. The van der Waals surface area contributed by atoms with Crippen molar-refractivity contribution in [3.8, 4) is 0 Å². The zero-order chi connectivity index (χ0) is 15.5. The maximum Gasteiger partial charge on any atom is 0.323 e. The molecule has 116 valence electrons. The van der Waals surface area contributed by atoms with Gasteiger partial charge in [-0.1, -0.05) is 40.5 Å². The van der Waals surface area contributed by atoms with Gasteiger partial charge in [-0.2, -0.15) is 0 Å². The number of benzene rings is 1. The molecule has 4 heteroatoms. The van der Waals surface area contributed by atoms with Crippen LogP contribution in [0.5, 0.6) is 0 Å². The van der Waals surface area contributed by atoms with Crippen LogP contribution in [0.1, 0.15) is 45.6 Å². The van der Waals surface area contributed by atoms with Gasteiger partial charge in [0.05, 0.1) is 0 Å². The van der Waals surface area contributed by atoms with Crippen LogP contribution in [0.4, 0.5) is 0 Å². The first-order valence-corrected chi connectivity index (χ1v) is 8.36. The van der Waals surface area contributed by atoms with Gasteiger partial charge in [-0.15, -0.1) is 0 Å². The van der Waals surface area contributed by atoms with Crippen molar-refractivity contribution in [3.05, 3.63) is 34.3 Å². The quantitative estimate of drug-likeness (QED) is 0.764. The third-order valence-electron chi connectivity index (χ3n) is 3.62. The lowest BCUT2D eigenvalue weighted by atomic mass is 10.0. The highest BCUT2D eigenvalue weighted by molar-refractivity contribution is 9.10. The average molecular weight is 354 g/mol. The van der Waals surface area contributed by atoms with Gasteiger partial charge in [-0.3, -0.25) is 9.69 Å². The minimum absolute atomic E-state index is 0.0887. The van der Waals surface area contributed by atoms with Crippen LogP contribution in [0.25, 0.3) is 0 Å². The molecule has 1 atom stereocenters. The van der Waals surface area contributed by atoms with E-state index in [1.165, 1.54) is 5.56 Å². The number of hydrogen-bond donors (Lipinski definition) is 0. The Morgan fingerprint density at radius 1 is 1.33 bits per heavy atom. The van der Waals surface area contributed by atoms with E-state index in [2.05, 4.69) is 26.9 Å².